The lowest BCUT2D eigenvalue weighted by molar-refractivity contribution is -0.118. The van der Waals surface area contributed by atoms with Crippen molar-refractivity contribution in [2.75, 3.05) is 31.7 Å². The second-order valence-electron chi connectivity index (χ2n) is 4.57. The van der Waals surface area contributed by atoms with Gasteiger partial charge < -0.3 is 20.5 Å². The summed E-state index contributed by atoms with van der Waals surface area (Å²) in [5, 5.41) is 2.83. The Morgan fingerprint density at radius 3 is 2.94 bits per heavy atom. The molecule has 1 aromatic carbocycles. The topological polar surface area (TPSA) is 76.8 Å². The first-order chi connectivity index (χ1) is 8.70. The van der Waals surface area contributed by atoms with E-state index >= 15 is 0 Å². The van der Waals surface area contributed by atoms with Crippen molar-refractivity contribution in [2.24, 2.45) is 5.73 Å². The number of nitrogens with zero attached hydrogens (tertiary/aromatic N) is 1. The number of nitrogens with two attached hydrogens (primary N) is 1. The van der Waals surface area contributed by atoms with Gasteiger partial charge in [-0.2, -0.15) is 0 Å². The highest BCUT2D eigenvalue weighted by molar-refractivity contribution is 5.92. The van der Waals surface area contributed by atoms with E-state index in [1.807, 2.05) is 4.90 Å². The summed E-state index contributed by atoms with van der Waals surface area (Å²) in [5.74, 6) is 1.33. The molecule has 6 nitrogen and oxygen atoms in total. The van der Waals surface area contributed by atoms with E-state index in [-0.39, 0.29) is 18.7 Å². The average Bonchev–Trinajstić information content (AvgIpc) is 2.74. The molecule has 1 aromatic rings. The number of fused-ring (bicyclic) bond motifs is 1. The van der Waals surface area contributed by atoms with Crippen molar-refractivity contribution in [1.29, 1.82) is 0 Å². The molecule has 2 aliphatic heterocycles. The van der Waals surface area contributed by atoms with Gasteiger partial charge in [-0.1, -0.05) is 0 Å². The van der Waals surface area contributed by atoms with Gasteiger partial charge in [0.25, 0.3) is 0 Å². The van der Waals surface area contributed by atoms with E-state index in [4.69, 9.17) is 15.2 Å². The number of anilines is 1. The van der Waals surface area contributed by atoms with E-state index in [1.54, 1.807) is 18.2 Å². The zero-order chi connectivity index (χ0) is 12.5. The third kappa shape index (κ3) is 2.25. The molecule has 3 N–H and O–H groups in total. The fourth-order valence-electron chi connectivity index (χ4n) is 2.12. The number of carbonyl (C=O) groups excluding carboxylic acids is 1. The molecule has 18 heavy (non-hydrogen) atoms. The Bertz CT molecular complexity index is 472. The Morgan fingerprint density at radius 1 is 1.39 bits per heavy atom. The molecule has 0 radical (unpaired) electrons. The zero-order valence-corrected chi connectivity index (χ0v) is 9.89. The maximum absolute atomic E-state index is 11.8. The second kappa shape index (κ2) is 4.47. The lowest BCUT2D eigenvalue weighted by Gasteiger charge is -2.36. The van der Waals surface area contributed by atoms with Crippen LogP contribution in [0.2, 0.25) is 0 Å². The van der Waals surface area contributed by atoms with E-state index in [0.717, 1.165) is 13.1 Å². The van der Waals surface area contributed by atoms with Crippen molar-refractivity contribution < 1.29 is 14.3 Å². The largest absolute Gasteiger partial charge is 0.454 e. The summed E-state index contributed by atoms with van der Waals surface area (Å²) in [6.07, 6.45) is 0. The van der Waals surface area contributed by atoms with E-state index in [2.05, 4.69) is 5.32 Å². The Hall–Kier alpha value is -1.79. The first kappa shape index (κ1) is 11.3. The van der Waals surface area contributed by atoms with Crippen LogP contribution in [0.25, 0.3) is 0 Å². The number of ether oxygens (including phenoxy) is 2. The van der Waals surface area contributed by atoms with E-state index in [0.29, 0.717) is 23.7 Å². The summed E-state index contributed by atoms with van der Waals surface area (Å²) in [4.78, 5) is 13.8. The molecule has 96 valence electrons. The molecule has 0 aliphatic carbocycles. The third-order valence-corrected chi connectivity index (χ3v) is 3.01. The fourth-order valence-corrected chi connectivity index (χ4v) is 2.12. The summed E-state index contributed by atoms with van der Waals surface area (Å²) in [5.41, 5.74) is 6.37. The fraction of sp³-hybridized carbons (Fsp3) is 0.417. The Morgan fingerprint density at radius 2 is 2.17 bits per heavy atom. The van der Waals surface area contributed by atoms with E-state index in [1.165, 1.54) is 0 Å². The highest BCUT2D eigenvalue weighted by atomic mass is 16.7. The van der Waals surface area contributed by atoms with Gasteiger partial charge >= 0.3 is 0 Å². The molecule has 0 atom stereocenters. The van der Waals surface area contributed by atoms with Crippen LogP contribution in [0.5, 0.6) is 11.5 Å². The lowest BCUT2D eigenvalue weighted by atomic mass is 10.1. The van der Waals surface area contributed by atoms with Crippen LogP contribution in [0, 0.1) is 0 Å². The molecule has 2 heterocycles. The number of nitrogens with one attached hydrogen (secondary N) is 1. The van der Waals surface area contributed by atoms with Crippen LogP contribution < -0.4 is 20.5 Å². The predicted molar refractivity (Wildman–Crippen MR) is 65.6 cm³/mol. The normalized spacial score (nSPS) is 18.5. The number of benzene rings is 1. The van der Waals surface area contributed by atoms with Crippen molar-refractivity contribution in [3.63, 3.8) is 0 Å². The average molecular weight is 249 g/mol. The van der Waals surface area contributed by atoms with Crippen LogP contribution in [0.4, 0.5) is 5.69 Å². The predicted octanol–water partition coefficient (Wildman–Crippen LogP) is -0.00330. The van der Waals surface area contributed by atoms with Gasteiger partial charge in [0.15, 0.2) is 11.5 Å². The SMILES string of the molecule is NC1CN(CC(=O)Nc2ccc3c(c2)OCO3)C1. The van der Waals surface area contributed by atoms with Crippen molar-refractivity contribution >= 4 is 11.6 Å². The third-order valence-electron chi connectivity index (χ3n) is 3.01. The summed E-state index contributed by atoms with van der Waals surface area (Å²) in [6.45, 7) is 2.18. The van der Waals surface area contributed by atoms with Gasteiger partial charge in [0.2, 0.25) is 12.7 Å². The van der Waals surface area contributed by atoms with Crippen LogP contribution in [0.15, 0.2) is 18.2 Å². The first-order valence-electron chi connectivity index (χ1n) is 5.88. The van der Waals surface area contributed by atoms with Gasteiger partial charge in [-0.3, -0.25) is 9.69 Å². The summed E-state index contributed by atoms with van der Waals surface area (Å²) >= 11 is 0. The van der Waals surface area contributed by atoms with Crippen LogP contribution in [-0.4, -0.2) is 43.3 Å². The Balaban J connectivity index is 1.57. The molecule has 0 saturated carbocycles. The monoisotopic (exact) mass is 249 g/mol. The van der Waals surface area contributed by atoms with Gasteiger partial charge in [0, 0.05) is 30.9 Å². The molecule has 3 rings (SSSR count). The minimum Gasteiger partial charge on any atom is -0.454 e. The maximum atomic E-state index is 11.8. The highest BCUT2D eigenvalue weighted by Gasteiger charge is 2.24. The number of carbonyl (C=O) groups is 1. The number of hydrogen-bond donors (Lipinski definition) is 2. The van der Waals surface area contributed by atoms with Crippen molar-refractivity contribution in [2.45, 2.75) is 6.04 Å². The molecule has 1 fully saturated rings. The summed E-state index contributed by atoms with van der Waals surface area (Å²) < 4.78 is 10.5. The zero-order valence-electron chi connectivity index (χ0n) is 9.89. The minimum atomic E-state index is -0.0410. The van der Waals surface area contributed by atoms with Crippen molar-refractivity contribution in [1.82, 2.24) is 4.90 Å². The molecule has 0 aromatic heterocycles. The molecule has 0 bridgehead atoms. The van der Waals surface area contributed by atoms with E-state index in [9.17, 15) is 4.79 Å². The summed E-state index contributed by atoms with van der Waals surface area (Å²) in [7, 11) is 0. The standard InChI is InChI=1S/C12H15N3O3/c13-8-4-15(5-8)6-12(16)14-9-1-2-10-11(3-9)18-7-17-10/h1-3,8H,4-7,13H2,(H,14,16). The molecular weight excluding hydrogens is 234 g/mol. The number of likely N-dealkylation sites (tertiary alicyclic amines) is 1. The molecule has 0 spiro atoms. The number of hydrogen-bond acceptors (Lipinski definition) is 5. The lowest BCUT2D eigenvalue weighted by Crippen LogP contribution is -2.57. The summed E-state index contributed by atoms with van der Waals surface area (Å²) in [6, 6.07) is 5.57. The van der Waals surface area contributed by atoms with Gasteiger partial charge in [-0.15, -0.1) is 0 Å². The van der Waals surface area contributed by atoms with Gasteiger partial charge in [0.05, 0.1) is 6.54 Å². The van der Waals surface area contributed by atoms with Crippen LogP contribution in [0.3, 0.4) is 0 Å². The smallest absolute Gasteiger partial charge is 0.238 e. The molecule has 1 saturated heterocycles. The van der Waals surface area contributed by atoms with Crippen LogP contribution >= 0.6 is 0 Å². The van der Waals surface area contributed by atoms with Gasteiger partial charge in [0.1, 0.15) is 0 Å². The molecule has 6 heteroatoms. The molecule has 2 aliphatic rings. The van der Waals surface area contributed by atoms with Crippen LogP contribution in [0.1, 0.15) is 0 Å². The number of amides is 1. The second-order valence-corrected chi connectivity index (χ2v) is 4.57. The van der Waals surface area contributed by atoms with E-state index < -0.39 is 0 Å². The molecule has 1 amide bonds. The highest BCUT2D eigenvalue weighted by Crippen LogP contribution is 2.34. The van der Waals surface area contributed by atoms with Gasteiger partial charge in [-0.25, -0.2) is 0 Å². The van der Waals surface area contributed by atoms with Gasteiger partial charge in [-0.05, 0) is 12.1 Å². The first-order valence-corrected chi connectivity index (χ1v) is 5.88. The van der Waals surface area contributed by atoms with Crippen LogP contribution in [-0.2, 0) is 4.79 Å². The minimum absolute atomic E-state index is 0.0410. The molecular formula is C12H15N3O3. The quantitative estimate of drug-likeness (QED) is 0.788. The number of rotatable bonds is 3. The van der Waals surface area contributed by atoms with Crippen molar-refractivity contribution in [3.8, 4) is 11.5 Å². The Kier molecular flexibility index (Phi) is 2.81. The maximum Gasteiger partial charge on any atom is 0.238 e. The van der Waals surface area contributed by atoms with Crippen molar-refractivity contribution in [3.05, 3.63) is 18.2 Å². The molecule has 0 unspecified atom stereocenters. The Labute approximate surface area is 105 Å².